The summed E-state index contributed by atoms with van der Waals surface area (Å²) >= 11 is 0. The zero-order valence-corrected chi connectivity index (χ0v) is 29.9. The molecule has 0 radical (unpaired) electrons. The van der Waals surface area contributed by atoms with Crippen LogP contribution in [0.4, 0.5) is 0 Å². The lowest BCUT2D eigenvalue weighted by molar-refractivity contribution is -0.166. The van der Waals surface area contributed by atoms with Crippen molar-refractivity contribution < 1.29 is 22.8 Å². The van der Waals surface area contributed by atoms with Gasteiger partial charge in [-0.25, -0.2) is 4.72 Å². The monoisotopic (exact) mass is 677 g/mol. The highest BCUT2D eigenvalue weighted by Crippen LogP contribution is 2.65. The Kier molecular flexibility index (Phi) is 9.12. The predicted molar refractivity (Wildman–Crippen MR) is 188 cm³/mol. The number of nitrogens with one attached hydrogen (secondary N) is 1. The van der Waals surface area contributed by atoms with Crippen LogP contribution in [-0.2, 0) is 21.6 Å². The molecule has 7 rings (SSSR count). The number of piperidine rings is 1. The van der Waals surface area contributed by atoms with Crippen LogP contribution in [0.3, 0.4) is 0 Å². The molecule has 1 amide bonds. The van der Waals surface area contributed by atoms with E-state index in [2.05, 4.69) is 46.5 Å². The fraction of sp³-hybridized carbons (Fsp3) is 0.595. The number of likely N-dealkylation sites (tertiary alicyclic amines) is 1. The van der Waals surface area contributed by atoms with Crippen LogP contribution in [-0.4, -0.2) is 94.2 Å². The molecule has 3 fully saturated rings. The van der Waals surface area contributed by atoms with E-state index in [0.29, 0.717) is 30.0 Å². The Morgan fingerprint density at radius 2 is 1.79 bits per heavy atom. The van der Waals surface area contributed by atoms with Gasteiger partial charge in [0.15, 0.2) is 0 Å². The average Bonchev–Trinajstić information content (AvgIpc) is 3.72. The van der Waals surface area contributed by atoms with Gasteiger partial charge in [-0.2, -0.15) is 17.8 Å². The largest absolute Gasteiger partial charge is 0.497 e. The average molecular weight is 678 g/mol. The summed E-state index contributed by atoms with van der Waals surface area (Å²) in [5.74, 6) is 0.967. The van der Waals surface area contributed by atoms with Crippen LogP contribution in [0.5, 0.6) is 5.75 Å². The summed E-state index contributed by atoms with van der Waals surface area (Å²) in [6.07, 6.45) is 10.7. The summed E-state index contributed by atoms with van der Waals surface area (Å²) in [7, 11) is 4.90. The maximum absolute atomic E-state index is 13.4. The Bertz CT molecular complexity index is 1800. The molecule has 2 saturated carbocycles. The van der Waals surface area contributed by atoms with Gasteiger partial charge in [-0.15, -0.1) is 0 Å². The van der Waals surface area contributed by atoms with Gasteiger partial charge < -0.3 is 14.2 Å². The van der Waals surface area contributed by atoms with Crippen LogP contribution < -0.4 is 9.46 Å². The third kappa shape index (κ3) is 6.17. The van der Waals surface area contributed by atoms with Crippen LogP contribution in [0.25, 0.3) is 22.2 Å². The van der Waals surface area contributed by atoms with Crippen molar-refractivity contribution in [1.29, 1.82) is 0 Å². The lowest BCUT2D eigenvalue weighted by atomic mass is 9.81. The fourth-order valence-corrected chi connectivity index (χ4v) is 9.20. The number of hydrogen-bond acceptors (Lipinski definition) is 7. The molecule has 1 aromatic heterocycles. The number of ether oxygens (including phenoxy) is 1. The third-order valence-corrected chi connectivity index (χ3v) is 13.0. The topological polar surface area (TPSA) is 96.4 Å². The number of benzene rings is 2. The smallest absolute Gasteiger partial charge is 0.303 e. The number of hydrogen-bond donors (Lipinski definition) is 1. The SMILES string of the molecule is COc1ccc2c(c1)C1CC1(CON(C)CC1CCCCN1C)Cn1c-2c(C2CCCCC2)c2ccc(C(=O)NS(=O)(=O)N(C)C)cc21. The van der Waals surface area contributed by atoms with Crippen LogP contribution in [0, 0.1) is 5.41 Å². The minimum absolute atomic E-state index is 0.124. The zero-order valence-electron chi connectivity index (χ0n) is 29.1. The summed E-state index contributed by atoms with van der Waals surface area (Å²) in [6.45, 7) is 3.36. The normalized spacial score (nSPS) is 24.6. The number of nitrogens with zero attached hydrogens (tertiary/aromatic N) is 4. The van der Waals surface area contributed by atoms with Crippen LogP contribution >= 0.6 is 0 Å². The minimum Gasteiger partial charge on any atom is -0.497 e. The Morgan fingerprint density at radius 1 is 1.02 bits per heavy atom. The molecule has 1 saturated heterocycles. The Hall–Kier alpha value is -2.96. The second-order valence-electron chi connectivity index (χ2n) is 14.9. The first-order chi connectivity index (χ1) is 23.0. The Morgan fingerprint density at radius 3 is 2.52 bits per heavy atom. The first-order valence-corrected chi connectivity index (χ1v) is 19.1. The second kappa shape index (κ2) is 13.1. The molecule has 11 heteroatoms. The van der Waals surface area contributed by atoms with E-state index in [1.54, 1.807) is 13.2 Å². The quantitative estimate of drug-likeness (QED) is 0.274. The van der Waals surface area contributed by atoms with E-state index in [4.69, 9.17) is 9.57 Å². The van der Waals surface area contributed by atoms with E-state index in [-0.39, 0.29) is 5.41 Å². The van der Waals surface area contributed by atoms with Gasteiger partial charge in [0.05, 0.1) is 19.4 Å². The van der Waals surface area contributed by atoms with E-state index < -0.39 is 16.1 Å². The van der Waals surface area contributed by atoms with Crippen LogP contribution in [0.15, 0.2) is 36.4 Å². The van der Waals surface area contributed by atoms with Gasteiger partial charge in [0, 0.05) is 67.7 Å². The second-order valence-corrected chi connectivity index (χ2v) is 16.8. The number of carbonyl (C=O) groups is 1. The van der Waals surface area contributed by atoms with Crippen molar-refractivity contribution in [3.05, 3.63) is 53.1 Å². The van der Waals surface area contributed by atoms with Crippen molar-refractivity contribution in [1.82, 2.24) is 23.6 Å². The van der Waals surface area contributed by atoms with E-state index in [9.17, 15) is 13.2 Å². The summed E-state index contributed by atoms with van der Waals surface area (Å²) in [5.41, 5.74) is 6.32. The molecule has 2 aliphatic carbocycles. The van der Waals surface area contributed by atoms with Crippen LogP contribution in [0.2, 0.25) is 0 Å². The number of likely N-dealkylation sites (N-methyl/N-ethyl adjacent to an activating group) is 2. The van der Waals surface area contributed by atoms with Crippen molar-refractivity contribution >= 4 is 27.0 Å². The molecule has 2 aromatic carbocycles. The van der Waals surface area contributed by atoms with Gasteiger partial charge >= 0.3 is 10.2 Å². The lowest BCUT2D eigenvalue weighted by Gasteiger charge is -2.35. The number of rotatable bonds is 10. The first kappa shape index (κ1) is 33.5. The molecule has 4 aliphatic rings. The van der Waals surface area contributed by atoms with Gasteiger partial charge in [-0.05, 0) is 99.0 Å². The van der Waals surface area contributed by atoms with Crippen molar-refractivity contribution in [2.24, 2.45) is 5.41 Å². The maximum atomic E-state index is 13.4. The number of methoxy groups -OCH3 is 1. The van der Waals surface area contributed by atoms with Crippen molar-refractivity contribution in [2.45, 2.75) is 82.2 Å². The van der Waals surface area contributed by atoms with Crippen molar-refractivity contribution in [3.8, 4) is 17.0 Å². The summed E-state index contributed by atoms with van der Waals surface area (Å²) in [6, 6.07) is 12.7. The predicted octanol–water partition coefficient (Wildman–Crippen LogP) is 5.74. The molecule has 0 bridgehead atoms. The number of carbonyl (C=O) groups excluding carboxylic acids is 1. The highest BCUT2D eigenvalue weighted by molar-refractivity contribution is 7.87. The zero-order chi connectivity index (χ0) is 33.8. The fourth-order valence-electron chi connectivity index (χ4n) is 8.66. The van der Waals surface area contributed by atoms with Crippen molar-refractivity contribution in [2.75, 3.05) is 55.0 Å². The molecule has 2 aliphatic heterocycles. The van der Waals surface area contributed by atoms with Gasteiger partial charge in [-0.3, -0.25) is 9.63 Å². The number of hydroxylamine groups is 2. The van der Waals surface area contributed by atoms with Crippen LogP contribution in [0.1, 0.15) is 91.1 Å². The number of aromatic nitrogens is 1. The first-order valence-electron chi connectivity index (χ1n) is 17.6. The third-order valence-electron chi connectivity index (χ3n) is 11.6. The number of fused-ring (bicyclic) bond motifs is 7. The molecule has 3 atom stereocenters. The Balaban J connectivity index is 1.31. The van der Waals surface area contributed by atoms with Gasteiger partial charge in [-0.1, -0.05) is 31.7 Å². The molecular formula is C37H51N5O5S. The molecule has 10 nitrogen and oxygen atoms in total. The molecule has 3 heterocycles. The molecule has 0 spiro atoms. The molecule has 260 valence electrons. The molecular weight excluding hydrogens is 627 g/mol. The minimum atomic E-state index is -3.93. The van der Waals surface area contributed by atoms with E-state index in [1.165, 1.54) is 75.0 Å². The van der Waals surface area contributed by atoms with Gasteiger partial charge in [0.25, 0.3) is 5.91 Å². The van der Waals surface area contributed by atoms with Gasteiger partial charge in [0.2, 0.25) is 0 Å². The van der Waals surface area contributed by atoms with E-state index in [0.717, 1.165) is 59.9 Å². The van der Waals surface area contributed by atoms with E-state index >= 15 is 0 Å². The van der Waals surface area contributed by atoms with Gasteiger partial charge in [0.1, 0.15) is 5.75 Å². The molecule has 48 heavy (non-hydrogen) atoms. The summed E-state index contributed by atoms with van der Waals surface area (Å²) in [4.78, 5) is 22.4. The molecule has 3 unspecified atom stereocenters. The maximum Gasteiger partial charge on any atom is 0.303 e. The highest BCUT2D eigenvalue weighted by atomic mass is 32.2. The molecule has 3 aromatic rings. The highest BCUT2D eigenvalue weighted by Gasteiger charge is 2.58. The number of amides is 1. The lowest BCUT2D eigenvalue weighted by Crippen LogP contribution is -2.44. The summed E-state index contributed by atoms with van der Waals surface area (Å²) < 4.78 is 36.6. The Labute approximate surface area is 285 Å². The summed E-state index contributed by atoms with van der Waals surface area (Å²) in [5, 5.41) is 3.20. The molecule has 1 N–H and O–H groups in total. The standard InChI is InChI=1S/C37H51N5O5S/c1-39(2)48(44,45)38-36(43)26-14-16-30-33(19-26)42-23-37(24-47-41(4)22-27-13-9-10-18-40(27)3)21-32(37)31-20-28(46-5)15-17-29(31)35(42)34(30)25-11-7-6-8-12-25/h14-17,19-20,25,27,32H,6-13,18,21-24H2,1-5H3,(H,38,43). The van der Waals surface area contributed by atoms with Crippen molar-refractivity contribution in [3.63, 3.8) is 0 Å². The van der Waals surface area contributed by atoms with E-state index in [1.807, 2.05) is 17.2 Å².